The first-order valence-electron chi connectivity index (χ1n) is 6.18. The molecule has 0 aliphatic carbocycles. The molecule has 100 valence electrons. The van der Waals surface area contributed by atoms with E-state index in [-0.39, 0.29) is 5.97 Å². The number of hydrogen-bond acceptors (Lipinski definition) is 3. The summed E-state index contributed by atoms with van der Waals surface area (Å²) in [7, 11) is -1.23. The summed E-state index contributed by atoms with van der Waals surface area (Å²) in [4.78, 5) is 11.7. The van der Waals surface area contributed by atoms with Crippen LogP contribution in [0.1, 0.15) is 31.4 Å². The lowest BCUT2D eigenvalue weighted by atomic mass is 10.1. The van der Waals surface area contributed by atoms with Crippen LogP contribution in [0.25, 0.3) is 0 Å². The maximum Gasteiger partial charge on any atom is 0.321 e. The van der Waals surface area contributed by atoms with Gasteiger partial charge in [-0.3, -0.25) is 9.00 Å². The number of hydrogen-bond donors (Lipinski definition) is 0. The highest BCUT2D eigenvalue weighted by molar-refractivity contribution is 7.85. The predicted octanol–water partition coefficient (Wildman–Crippen LogP) is 2.59. The van der Waals surface area contributed by atoms with E-state index in [4.69, 9.17) is 4.74 Å². The molecule has 0 N–H and O–H groups in total. The Hall–Kier alpha value is -1.16. The van der Waals surface area contributed by atoms with E-state index in [9.17, 15) is 9.00 Å². The molecule has 0 aromatic heterocycles. The summed E-state index contributed by atoms with van der Waals surface area (Å²) in [6, 6.07) is 7.80. The molecule has 1 aromatic rings. The Balaban J connectivity index is 2.74. The number of carbonyl (C=O) groups is 1. The van der Waals surface area contributed by atoms with Crippen LogP contribution in [0.15, 0.2) is 24.3 Å². The van der Waals surface area contributed by atoms with Crippen LogP contribution in [-0.4, -0.2) is 22.0 Å². The molecule has 0 fully saturated rings. The highest BCUT2D eigenvalue weighted by Gasteiger charge is 2.24. The largest absolute Gasteiger partial charge is 0.465 e. The molecule has 3 nitrogen and oxygen atoms in total. The number of ether oxygens (including phenoxy) is 1. The molecule has 0 saturated carbocycles. The van der Waals surface area contributed by atoms with Crippen LogP contribution in [0.4, 0.5) is 0 Å². The van der Waals surface area contributed by atoms with Gasteiger partial charge in [0.1, 0.15) is 5.25 Å². The smallest absolute Gasteiger partial charge is 0.321 e. The molecular formula is C14H20O3S. The Morgan fingerprint density at radius 1 is 1.33 bits per heavy atom. The fourth-order valence-electron chi connectivity index (χ4n) is 1.72. The second-order valence-electron chi connectivity index (χ2n) is 4.10. The van der Waals surface area contributed by atoms with Gasteiger partial charge in [-0.1, -0.05) is 31.2 Å². The third kappa shape index (κ3) is 3.95. The third-order valence-corrected chi connectivity index (χ3v) is 4.55. The summed E-state index contributed by atoms with van der Waals surface area (Å²) < 4.78 is 17.2. The molecule has 0 amide bonds. The van der Waals surface area contributed by atoms with Crippen molar-refractivity contribution in [3.63, 3.8) is 0 Å². The molecule has 0 saturated heterocycles. The fraction of sp³-hybridized carbons (Fsp3) is 0.500. The first-order valence-corrected chi connectivity index (χ1v) is 7.56. The van der Waals surface area contributed by atoms with Gasteiger partial charge in [-0.05, 0) is 31.4 Å². The maximum absolute atomic E-state index is 12.2. The SMILES string of the molecule is CCOC(=O)C(CC)S(=O)Cc1ccccc1C. The van der Waals surface area contributed by atoms with Gasteiger partial charge in [0.15, 0.2) is 0 Å². The lowest BCUT2D eigenvalue weighted by Gasteiger charge is -2.14. The second-order valence-corrected chi connectivity index (χ2v) is 5.72. The van der Waals surface area contributed by atoms with Crippen molar-refractivity contribution in [2.75, 3.05) is 6.61 Å². The normalized spacial score (nSPS) is 13.9. The molecule has 1 aromatic carbocycles. The summed E-state index contributed by atoms with van der Waals surface area (Å²) in [6.07, 6.45) is 0.539. The van der Waals surface area contributed by atoms with E-state index in [1.807, 2.05) is 38.1 Å². The van der Waals surface area contributed by atoms with Gasteiger partial charge in [0.2, 0.25) is 0 Å². The minimum absolute atomic E-state index is 0.330. The van der Waals surface area contributed by atoms with E-state index < -0.39 is 16.0 Å². The average molecular weight is 268 g/mol. The summed E-state index contributed by atoms with van der Waals surface area (Å²) in [5.41, 5.74) is 2.13. The fourth-order valence-corrected chi connectivity index (χ4v) is 3.21. The zero-order valence-electron chi connectivity index (χ0n) is 11.1. The molecule has 18 heavy (non-hydrogen) atoms. The lowest BCUT2D eigenvalue weighted by molar-refractivity contribution is -0.142. The molecule has 2 atom stereocenters. The van der Waals surface area contributed by atoms with Crippen molar-refractivity contribution in [3.8, 4) is 0 Å². The van der Waals surface area contributed by atoms with Crippen LogP contribution in [0, 0.1) is 6.92 Å². The average Bonchev–Trinajstić information content (AvgIpc) is 2.33. The van der Waals surface area contributed by atoms with Crippen LogP contribution < -0.4 is 0 Å². The molecule has 0 spiro atoms. The molecule has 0 bridgehead atoms. The molecule has 4 heteroatoms. The summed E-state index contributed by atoms with van der Waals surface area (Å²) in [5.74, 6) is 0.0520. The van der Waals surface area contributed by atoms with Gasteiger partial charge >= 0.3 is 5.97 Å². The standard InChI is InChI=1S/C14H20O3S/c1-4-13(14(15)17-5-2)18(16)10-12-9-7-6-8-11(12)3/h6-9,13H,4-5,10H2,1-3H3. The van der Waals surface area contributed by atoms with Crippen LogP contribution in [0.3, 0.4) is 0 Å². The van der Waals surface area contributed by atoms with Crippen LogP contribution >= 0.6 is 0 Å². The van der Waals surface area contributed by atoms with Crippen molar-refractivity contribution in [2.45, 2.75) is 38.2 Å². The van der Waals surface area contributed by atoms with Gasteiger partial charge in [-0.25, -0.2) is 0 Å². The van der Waals surface area contributed by atoms with Crippen molar-refractivity contribution >= 4 is 16.8 Å². The minimum atomic E-state index is -1.23. The number of rotatable bonds is 6. The van der Waals surface area contributed by atoms with Crippen LogP contribution in [-0.2, 0) is 26.1 Å². The van der Waals surface area contributed by atoms with E-state index in [0.29, 0.717) is 18.8 Å². The first-order chi connectivity index (χ1) is 8.60. The van der Waals surface area contributed by atoms with E-state index in [1.165, 1.54) is 0 Å². The van der Waals surface area contributed by atoms with E-state index in [1.54, 1.807) is 6.92 Å². The molecule has 0 radical (unpaired) electrons. The highest BCUT2D eigenvalue weighted by Crippen LogP contribution is 2.14. The van der Waals surface area contributed by atoms with Gasteiger partial charge in [0.05, 0.1) is 6.61 Å². The van der Waals surface area contributed by atoms with E-state index in [2.05, 4.69) is 0 Å². The van der Waals surface area contributed by atoms with Crippen molar-refractivity contribution in [1.82, 2.24) is 0 Å². The van der Waals surface area contributed by atoms with Gasteiger partial charge in [0, 0.05) is 16.6 Å². The molecule has 1 rings (SSSR count). The summed E-state index contributed by atoms with van der Waals surface area (Å²) >= 11 is 0. The third-order valence-electron chi connectivity index (χ3n) is 2.80. The number of carbonyl (C=O) groups excluding carboxylic acids is 1. The molecule has 0 aliphatic rings. The Labute approximate surface area is 111 Å². The zero-order valence-corrected chi connectivity index (χ0v) is 12.0. The first kappa shape index (κ1) is 14.9. The van der Waals surface area contributed by atoms with Crippen molar-refractivity contribution in [3.05, 3.63) is 35.4 Å². The van der Waals surface area contributed by atoms with Crippen molar-refractivity contribution in [1.29, 1.82) is 0 Å². The molecule has 0 aliphatic heterocycles. The number of aryl methyl sites for hydroxylation is 1. The predicted molar refractivity (Wildman–Crippen MR) is 73.7 cm³/mol. The van der Waals surface area contributed by atoms with E-state index >= 15 is 0 Å². The van der Waals surface area contributed by atoms with Crippen molar-refractivity contribution < 1.29 is 13.7 Å². The Kier molecular flexibility index (Phi) is 6.05. The summed E-state index contributed by atoms with van der Waals surface area (Å²) in [6.45, 7) is 5.93. The van der Waals surface area contributed by atoms with E-state index in [0.717, 1.165) is 11.1 Å². The topological polar surface area (TPSA) is 43.4 Å². The number of esters is 1. The monoisotopic (exact) mass is 268 g/mol. The Morgan fingerprint density at radius 2 is 2.00 bits per heavy atom. The van der Waals surface area contributed by atoms with Gasteiger partial charge in [0.25, 0.3) is 0 Å². The molecule has 0 heterocycles. The van der Waals surface area contributed by atoms with Gasteiger partial charge < -0.3 is 4.74 Å². The highest BCUT2D eigenvalue weighted by atomic mass is 32.2. The van der Waals surface area contributed by atoms with Gasteiger partial charge in [-0.15, -0.1) is 0 Å². The minimum Gasteiger partial charge on any atom is -0.465 e. The Morgan fingerprint density at radius 3 is 2.56 bits per heavy atom. The number of benzene rings is 1. The van der Waals surface area contributed by atoms with Crippen LogP contribution in [0.2, 0.25) is 0 Å². The Bertz CT molecular complexity index is 429. The maximum atomic E-state index is 12.2. The zero-order chi connectivity index (χ0) is 13.5. The summed E-state index contributed by atoms with van der Waals surface area (Å²) in [5, 5.41) is -0.524. The van der Waals surface area contributed by atoms with Crippen molar-refractivity contribution in [2.24, 2.45) is 0 Å². The second kappa shape index (κ2) is 7.31. The van der Waals surface area contributed by atoms with Gasteiger partial charge in [-0.2, -0.15) is 0 Å². The molecule has 2 unspecified atom stereocenters. The quantitative estimate of drug-likeness (QED) is 0.745. The molecular weight excluding hydrogens is 248 g/mol. The lowest BCUT2D eigenvalue weighted by Crippen LogP contribution is -2.28. The van der Waals surface area contributed by atoms with Crippen LogP contribution in [0.5, 0.6) is 0 Å².